The summed E-state index contributed by atoms with van der Waals surface area (Å²) < 4.78 is 0. The van der Waals surface area contributed by atoms with E-state index in [1.807, 2.05) is 0 Å². The molecule has 12 rings (SSSR count). The summed E-state index contributed by atoms with van der Waals surface area (Å²) in [6.45, 7) is 9.56. The topological polar surface area (TPSA) is 3.24 Å². The quantitative estimate of drug-likeness (QED) is 0.175. The molecule has 0 heterocycles. The van der Waals surface area contributed by atoms with Crippen LogP contribution in [-0.4, -0.2) is 0 Å². The van der Waals surface area contributed by atoms with E-state index in [1.54, 1.807) is 0 Å². The highest BCUT2D eigenvalue weighted by Crippen LogP contribution is 2.65. The van der Waals surface area contributed by atoms with Crippen molar-refractivity contribution in [1.82, 2.24) is 0 Å². The van der Waals surface area contributed by atoms with E-state index in [4.69, 9.17) is 0 Å². The van der Waals surface area contributed by atoms with Crippen LogP contribution in [0.15, 0.2) is 182 Å². The van der Waals surface area contributed by atoms with Gasteiger partial charge in [0.2, 0.25) is 0 Å². The van der Waals surface area contributed by atoms with Gasteiger partial charge in [0.15, 0.2) is 0 Å². The van der Waals surface area contributed by atoms with Crippen LogP contribution in [0.1, 0.15) is 78.6 Å². The first-order valence-electron chi connectivity index (χ1n) is 20.5. The molecule has 0 amide bonds. The lowest BCUT2D eigenvalue weighted by Gasteiger charge is -2.33. The first-order chi connectivity index (χ1) is 27.8. The van der Waals surface area contributed by atoms with Gasteiger partial charge in [-0.15, -0.1) is 0 Å². The molecule has 0 aliphatic heterocycles. The first kappa shape index (κ1) is 32.8. The molecular formula is C56H43N. The lowest BCUT2D eigenvalue weighted by Crippen LogP contribution is -2.27. The number of rotatable bonds is 3. The lowest BCUT2D eigenvalue weighted by molar-refractivity contribution is 0.660. The van der Waals surface area contributed by atoms with Crippen LogP contribution in [-0.2, 0) is 16.2 Å². The number of hydrogen-bond donors (Lipinski definition) is 0. The van der Waals surface area contributed by atoms with Crippen molar-refractivity contribution in [2.75, 3.05) is 4.90 Å². The van der Waals surface area contributed by atoms with Crippen LogP contribution in [0.5, 0.6) is 0 Å². The molecule has 0 unspecified atom stereocenters. The summed E-state index contributed by atoms with van der Waals surface area (Å²) in [4.78, 5) is 2.59. The summed E-state index contributed by atoms with van der Waals surface area (Å²) in [5.41, 5.74) is 24.8. The van der Waals surface area contributed by atoms with Gasteiger partial charge >= 0.3 is 0 Å². The maximum Gasteiger partial charge on any atom is 0.0723 e. The molecule has 0 saturated carbocycles. The molecule has 0 radical (unpaired) electrons. The van der Waals surface area contributed by atoms with E-state index in [2.05, 4.69) is 209 Å². The third-order valence-corrected chi connectivity index (χ3v) is 14.2. The summed E-state index contributed by atoms with van der Waals surface area (Å²) in [6, 6.07) is 57.8. The van der Waals surface area contributed by atoms with Gasteiger partial charge in [0.25, 0.3) is 0 Å². The smallest absolute Gasteiger partial charge is 0.0723 e. The molecular weight excluding hydrogens is 687 g/mol. The highest BCUT2D eigenvalue weighted by atomic mass is 15.1. The molecule has 0 atom stereocenters. The molecule has 1 nitrogen and oxygen atoms in total. The molecule has 0 N–H and O–H groups in total. The fraction of sp³-hybridized carbons (Fsp3) is 0.143. The summed E-state index contributed by atoms with van der Waals surface area (Å²) in [5, 5.41) is 0. The van der Waals surface area contributed by atoms with Crippen molar-refractivity contribution in [3.8, 4) is 33.4 Å². The molecule has 7 aromatic rings. The minimum Gasteiger partial charge on any atom is -0.310 e. The van der Waals surface area contributed by atoms with Crippen molar-refractivity contribution < 1.29 is 0 Å². The second-order valence-electron chi connectivity index (χ2n) is 17.6. The zero-order chi connectivity index (χ0) is 38.3. The normalized spacial score (nSPS) is 17.3. The van der Waals surface area contributed by atoms with E-state index in [-0.39, 0.29) is 10.8 Å². The first-order valence-corrected chi connectivity index (χ1v) is 20.5. The van der Waals surface area contributed by atoms with Crippen LogP contribution in [0.2, 0.25) is 0 Å². The number of benzene rings is 7. The Labute approximate surface area is 336 Å². The number of hydrogen-bond acceptors (Lipinski definition) is 1. The van der Waals surface area contributed by atoms with E-state index in [0.29, 0.717) is 0 Å². The Kier molecular flexibility index (Phi) is 6.51. The highest BCUT2D eigenvalue weighted by molar-refractivity contribution is 6.01. The summed E-state index contributed by atoms with van der Waals surface area (Å²) >= 11 is 0. The monoisotopic (exact) mass is 729 g/mol. The predicted molar refractivity (Wildman–Crippen MR) is 238 cm³/mol. The van der Waals surface area contributed by atoms with E-state index >= 15 is 0 Å². The van der Waals surface area contributed by atoms with Gasteiger partial charge in [-0.3, -0.25) is 0 Å². The molecule has 1 spiro atoms. The maximum atomic E-state index is 2.59. The Morgan fingerprint density at radius 1 is 0.421 bits per heavy atom. The second-order valence-corrected chi connectivity index (χ2v) is 17.6. The molecule has 1 heteroatoms. The van der Waals surface area contributed by atoms with Gasteiger partial charge in [-0.25, -0.2) is 0 Å². The van der Waals surface area contributed by atoms with Crippen LogP contribution < -0.4 is 4.90 Å². The average Bonchev–Trinajstić information content (AvgIpc) is 3.77. The zero-order valence-electron chi connectivity index (χ0n) is 32.9. The molecule has 0 fully saturated rings. The van der Waals surface area contributed by atoms with Crippen LogP contribution in [0, 0.1) is 0 Å². The number of nitrogens with zero attached hydrogens (tertiary/aromatic N) is 1. The van der Waals surface area contributed by atoms with Crippen molar-refractivity contribution in [3.05, 3.63) is 226 Å². The highest BCUT2D eigenvalue weighted by Gasteiger charge is 2.53. The Morgan fingerprint density at radius 2 is 0.877 bits per heavy atom. The summed E-state index contributed by atoms with van der Waals surface area (Å²) in [6.07, 6.45) is 10.1. The van der Waals surface area contributed by atoms with Gasteiger partial charge in [-0.2, -0.15) is 0 Å². The Bertz CT molecular complexity index is 2850. The molecule has 272 valence electrons. The van der Waals surface area contributed by atoms with Crippen LogP contribution in [0.3, 0.4) is 0 Å². The largest absolute Gasteiger partial charge is 0.310 e. The van der Waals surface area contributed by atoms with E-state index < -0.39 is 5.41 Å². The number of fused-ring (bicyclic) bond motifs is 15. The van der Waals surface area contributed by atoms with Gasteiger partial charge in [0, 0.05) is 27.8 Å². The van der Waals surface area contributed by atoms with Gasteiger partial charge < -0.3 is 4.90 Å². The molecule has 5 aliphatic rings. The van der Waals surface area contributed by atoms with Gasteiger partial charge in [0.05, 0.1) is 11.1 Å². The minimum absolute atomic E-state index is 0.123. The maximum absolute atomic E-state index is 2.59. The Balaban J connectivity index is 1.16. The number of allylic oxidation sites excluding steroid dienone is 6. The van der Waals surface area contributed by atoms with Crippen LogP contribution >= 0.6 is 0 Å². The SMILES string of the molecule is CC1(C)c2ccccc2-c2ccc(N(c3ccc4c(c3)C(C)(C)c3ccccc3-4)c3cccc4c3C3=C(C=CC=CC3)C43c4ccccc4-c4ccccc43)cc21. The van der Waals surface area contributed by atoms with Crippen molar-refractivity contribution in [2.45, 2.75) is 50.4 Å². The molecule has 7 aromatic carbocycles. The number of anilines is 3. The average molecular weight is 730 g/mol. The third kappa shape index (κ3) is 4.09. The molecule has 0 aromatic heterocycles. The van der Waals surface area contributed by atoms with Gasteiger partial charge in [0.1, 0.15) is 0 Å². The predicted octanol–water partition coefficient (Wildman–Crippen LogP) is 14.4. The van der Waals surface area contributed by atoms with Gasteiger partial charge in [-0.05, 0) is 120 Å². The molecule has 57 heavy (non-hydrogen) atoms. The van der Waals surface area contributed by atoms with Crippen molar-refractivity contribution >= 4 is 22.6 Å². The van der Waals surface area contributed by atoms with Gasteiger partial charge in [-0.1, -0.05) is 173 Å². The molecule has 0 bridgehead atoms. The van der Waals surface area contributed by atoms with Crippen molar-refractivity contribution in [2.24, 2.45) is 0 Å². The van der Waals surface area contributed by atoms with Crippen molar-refractivity contribution in [3.63, 3.8) is 0 Å². The minimum atomic E-state index is -0.412. The summed E-state index contributed by atoms with van der Waals surface area (Å²) in [7, 11) is 0. The zero-order valence-corrected chi connectivity index (χ0v) is 32.9. The molecule has 5 aliphatic carbocycles. The molecule has 0 saturated heterocycles. The van der Waals surface area contributed by atoms with E-state index in [0.717, 1.165) is 6.42 Å². The Hall–Kier alpha value is -6.44. The fourth-order valence-electron chi connectivity index (χ4n) is 11.6. The fourth-order valence-corrected chi connectivity index (χ4v) is 11.6. The second kappa shape index (κ2) is 11.3. The van der Waals surface area contributed by atoms with E-state index in [9.17, 15) is 0 Å². The standard InChI is InChI=1S/C56H43N/c1-54(2)44-22-12-8-17-37(44)41-31-29-35(33-50(41)54)57(36-30-32-42-38-18-9-13-23-45(38)55(3,4)51(42)34-36)52-28-16-27-49-53(52)43-21-6-5-7-24-48(43)56(49)46-25-14-10-19-39(46)40-20-11-15-26-47(40)56/h5-20,22-34H,21H2,1-4H3. The third-order valence-electron chi connectivity index (χ3n) is 14.2. The lowest BCUT2D eigenvalue weighted by atomic mass is 9.69. The van der Waals surface area contributed by atoms with Crippen LogP contribution in [0.4, 0.5) is 17.1 Å². The van der Waals surface area contributed by atoms with Crippen molar-refractivity contribution in [1.29, 1.82) is 0 Å². The summed E-state index contributed by atoms with van der Waals surface area (Å²) in [5.74, 6) is 0. The van der Waals surface area contributed by atoms with Crippen LogP contribution in [0.25, 0.3) is 39.0 Å². The Morgan fingerprint density at radius 3 is 1.42 bits per heavy atom. The van der Waals surface area contributed by atoms with E-state index in [1.165, 1.54) is 106 Å².